The third kappa shape index (κ3) is 1.63. The first-order chi connectivity index (χ1) is 6.79. The Balaban J connectivity index is 2.21. The summed E-state index contributed by atoms with van der Waals surface area (Å²) in [6, 6.07) is 0. The third-order valence-corrected chi connectivity index (χ3v) is 2.39. The Morgan fingerprint density at radius 3 is 3.14 bits per heavy atom. The first-order valence-corrected chi connectivity index (χ1v) is 4.54. The Morgan fingerprint density at radius 2 is 2.50 bits per heavy atom. The van der Waals surface area contributed by atoms with Crippen molar-refractivity contribution in [3.63, 3.8) is 0 Å². The SMILES string of the molecule is O=C(O)c1oncc1C1CCCOC1. The molecule has 1 unspecified atom stereocenters. The quantitative estimate of drug-likeness (QED) is 0.772. The average molecular weight is 197 g/mol. The maximum Gasteiger partial charge on any atom is 0.375 e. The molecule has 0 aromatic carbocycles. The van der Waals surface area contributed by atoms with Gasteiger partial charge < -0.3 is 14.4 Å². The van der Waals surface area contributed by atoms with E-state index in [9.17, 15) is 4.79 Å². The summed E-state index contributed by atoms with van der Waals surface area (Å²) >= 11 is 0. The van der Waals surface area contributed by atoms with Gasteiger partial charge in [-0.25, -0.2) is 4.79 Å². The van der Waals surface area contributed by atoms with Gasteiger partial charge in [-0.15, -0.1) is 0 Å². The minimum atomic E-state index is -1.07. The fourth-order valence-electron chi connectivity index (χ4n) is 1.69. The van der Waals surface area contributed by atoms with Crippen molar-refractivity contribution in [3.8, 4) is 0 Å². The summed E-state index contributed by atoms with van der Waals surface area (Å²) in [5.41, 5.74) is 0.650. The Bertz CT molecular complexity index is 327. The predicted molar refractivity (Wildman–Crippen MR) is 46.3 cm³/mol. The van der Waals surface area contributed by atoms with E-state index in [2.05, 4.69) is 9.68 Å². The van der Waals surface area contributed by atoms with E-state index >= 15 is 0 Å². The van der Waals surface area contributed by atoms with E-state index < -0.39 is 5.97 Å². The highest BCUT2D eigenvalue weighted by Gasteiger charge is 2.25. The first kappa shape index (κ1) is 9.21. The molecule has 1 aliphatic rings. The number of hydrogen-bond donors (Lipinski definition) is 1. The summed E-state index contributed by atoms with van der Waals surface area (Å²) in [5.74, 6) is -1.01. The zero-order valence-corrected chi connectivity index (χ0v) is 7.60. The van der Waals surface area contributed by atoms with Crippen LogP contribution in [-0.2, 0) is 4.74 Å². The number of hydrogen-bond acceptors (Lipinski definition) is 4. The highest BCUT2D eigenvalue weighted by atomic mass is 16.5. The molecular weight excluding hydrogens is 186 g/mol. The Kier molecular flexibility index (Phi) is 2.49. The van der Waals surface area contributed by atoms with Crippen LogP contribution in [-0.4, -0.2) is 29.4 Å². The van der Waals surface area contributed by atoms with Crippen molar-refractivity contribution < 1.29 is 19.2 Å². The molecule has 1 saturated heterocycles. The number of aromatic nitrogens is 1. The number of carbonyl (C=O) groups is 1. The lowest BCUT2D eigenvalue weighted by Crippen LogP contribution is -2.17. The normalized spacial score (nSPS) is 22.1. The van der Waals surface area contributed by atoms with Gasteiger partial charge in [0.05, 0.1) is 12.8 Å². The Labute approximate surface area is 80.6 Å². The lowest BCUT2D eigenvalue weighted by atomic mass is 9.94. The van der Waals surface area contributed by atoms with Crippen LogP contribution in [0.4, 0.5) is 0 Å². The number of carboxylic acids is 1. The standard InChI is InChI=1S/C9H11NO4/c11-9(12)8-7(4-10-14-8)6-2-1-3-13-5-6/h4,6H,1-3,5H2,(H,11,12). The van der Waals surface area contributed by atoms with Gasteiger partial charge in [0.2, 0.25) is 5.76 Å². The molecule has 1 N–H and O–H groups in total. The van der Waals surface area contributed by atoms with Crippen LogP contribution in [0.25, 0.3) is 0 Å². The predicted octanol–water partition coefficient (Wildman–Crippen LogP) is 1.27. The summed E-state index contributed by atoms with van der Waals surface area (Å²) < 4.78 is 9.95. The summed E-state index contributed by atoms with van der Waals surface area (Å²) in [6.45, 7) is 1.31. The number of ether oxygens (including phenoxy) is 1. The van der Waals surface area contributed by atoms with Crippen molar-refractivity contribution in [2.24, 2.45) is 0 Å². The molecule has 0 amide bonds. The van der Waals surface area contributed by atoms with Gasteiger partial charge in [-0.2, -0.15) is 0 Å². The maximum atomic E-state index is 10.8. The van der Waals surface area contributed by atoms with Crippen LogP contribution >= 0.6 is 0 Å². The van der Waals surface area contributed by atoms with Crippen LogP contribution in [0.1, 0.15) is 34.9 Å². The van der Waals surface area contributed by atoms with Crippen LogP contribution in [0.3, 0.4) is 0 Å². The minimum absolute atomic E-state index is 0.0551. The van der Waals surface area contributed by atoms with Crippen molar-refractivity contribution >= 4 is 5.97 Å². The maximum absolute atomic E-state index is 10.8. The molecule has 0 bridgehead atoms. The van der Waals surface area contributed by atoms with Crippen LogP contribution in [0.5, 0.6) is 0 Å². The van der Waals surface area contributed by atoms with Gasteiger partial charge in [0, 0.05) is 18.1 Å². The molecule has 5 heteroatoms. The molecule has 1 fully saturated rings. The van der Waals surface area contributed by atoms with Gasteiger partial charge in [-0.3, -0.25) is 0 Å². The molecule has 2 rings (SSSR count). The Morgan fingerprint density at radius 1 is 1.64 bits per heavy atom. The van der Waals surface area contributed by atoms with Gasteiger partial charge in [0.1, 0.15) is 0 Å². The number of rotatable bonds is 2. The Hall–Kier alpha value is -1.36. The second kappa shape index (κ2) is 3.79. The molecule has 0 saturated carbocycles. The van der Waals surface area contributed by atoms with Crippen LogP contribution in [0.2, 0.25) is 0 Å². The fourth-order valence-corrected chi connectivity index (χ4v) is 1.69. The zero-order chi connectivity index (χ0) is 9.97. The van der Waals surface area contributed by atoms with Crippen molar-refractivity contribution in [1.82, 2.24) is 5.16 Å². The van der Waals surface area contributed by atoms with E-state index in [4.69, 9.17) is 9.84 Å². The summed E-state index contributed by atoms with van der Waals surface area (Å²) in [6.07, 6.45) is 3.36. The molecule has 5 nitrogen and oxygen atoms in total. The van der Waals surface area contributed by atoms with E-state index in [1.165, 1.54) is 6.20 Å². The van der Waals surface area contributed by atoms with E-state index in [1.54, 1.807) is 0 Å². The lowest BCUT2D eigenvalue weighted by molar-refractivity contribution is 0.0635. The number of aromatic carboxylic acids is 1. The molecule has 14 heavy (non-hydrogen) atoms. The second-order valence-electron chi connectivity index (χ2n) is 3.33. The third-order valence-electron chi connectivity index (χ3n) is 2.39. The smallest absolute Gasteiger partial charge is 0.375 e. The van der Waals surface area contributed by atoms with Gasteiger partial charge in [0.25, 0.3) is 0 Å². The summed E-state index contributed by atoms with van der Waals surface area (Å²) in [4.78, 5) is 10.8. The summed E-state index contributed by atoms with van der Waals surface area (Å²) in [7, 11) is 0. The van der Waals surface area contributed by atoms with Crippen molar-refractivity contribution in [2.45, 2.75) is 18.8 Å². The molecular formula is C9H11NO4. The van der Waals surface area contributed by atoms with Crippen molar-refractivity contribution in [2.75, 3.05) is 13.2 Å². The number of nitrogens with zero attached hydrogens (tertiary/aromatic N) is 1. The molecule has 0 spiro atoms. The fraction of sp³-hybridized carbons (Fsp3) is 0.556. The molecule has 1 aliphatic heterocycles. The van der Waals surface area contributed by atoms with Gasteiger partial charge in [-0.1, -0.05) is 5.16 Å². The van der Waals surface area contributed by atoms with Crippen LogP contribution in [0, 0.1) is 0 Å². The molecule has 1 atom stereocenters. The first-order valence-electron chi connectivity index (χ1n) is 4.54. The molecule has 2 heterocycles. The number of carboxylic acid groups (broad SMARTS) is 1. The highest BCUT2D eigenvalue weighted by Crippen LogP contribution is 2.27. The van der Waals surface area contributed by atoms with Gasteiger partial charge >= 0.3 is 5.97 Å². The van der Waals surface area contributed by atoms with E-state index in [0.29, 0.717) is 12.2 Å². The molecule has 0 radical (unpaired) electrons. The second-order valence-corrected chi connectivity index (χ2v) is 3.33. The largest absolute Gasteiger partial charge is 0.475 e. The van der Waals surface area contributed by atoms with E-state index in [-0.39, 0.29) is 11.7 Å². The zero-order valence-electron chi connectivity index (χ0n) is 7.60. The molecule has 0 aliphatic carbocycles. The molecule has 1 aromatic rings. The van der Waals surface area contributed by atoms with E-state index in [1.807, 2.05) is 0 Å². The van der Waals surface area contributed by atoms with Crippen LogP contribution in [0.15, 0.2) is 10.7 Å². The average Bonchev–Trinajstić information content (AvgIpc) is 2.67. The minimum Gasteiger partial charge on any atom is -0.475 e. The molecule has 76 valence electrons. The topological polar surface area (TPSA) is 72.6 Å². The van der Waals surface area contributed by atoms with Crippen molar-refractivity contribution in [3.05, 3.63) is 17.5 Å². The van der Waals surface area contributed by atoms with Gasteiger partial charge in [-0.05, 0) is 12.8 Å². The van der Waals surface area contributed by atoms with Crippen molar-refractivity contribution in [1.29, 1.82) is 0 Å². The molecule has 1 aromatic heterocycles. The summed E-state index contributed by atoms with van der Waals surface area (Å²) in [5, 5.41) is 12.3. The lowest BCUT2D eigenvalue weighted by Gasteiger charge is -2.20. The van der Waals surface area contributed by atoms with Crippen LogP contribution < -0.4 is 0 Å². The van der Waals surface area contributed by atoms with Gasteiger partial charge in [0.15, 0.2) is 0 Å². The van der Waals surface area contributed by atoms with E-state index in [0.717, 1.165) is 19.4 Å². The highest BCUT2D eigenvalue weighted by molar-refractivity contribution is 5.86. The monoisotopic (exact) mass is 197 g/mol.